The second kappa shape index (κ2) is 11.3. The largest absolute Gasteiger partial charge is 0.392 e. The van der Waals surface area contributed by atoms with E-state index in [0.29, 0.717) is 27.0 Å². The summed E-state index contributed by atoms with van der Waals surface area (Å²) in [5, 5.41) is 10.3. The zero-order chi connectivity index (χ0) is 24.8. The lowest BCUT2D eigenvalue weighted by molar-refractivity contribution is -0.115. The highest BCUT2D eigenvalue weighted by molar-refractivity contribution is 6.37. The first-order chi connectivity index (χ1) is 17.0. The fourth-order valence-electron chi connectivity index (χ4n) is 3.48. The molecule has 0 aliphatic carbocycles. The predicted molar refractivity (Wildman–Crippen MR) is 140 cm³/mol. The highest BCUT2D eigenvalue weighted by Crippen LogP contribution is 2.32. The number of nitrogens with two attached hydrogens (primary N) is 1. The molecule has 1 atom stereocenters. The van der Waals surface area contributed by atoms with Gasteiger partial charge in [-0.2, -0.15) is 0 Å². The average Bonchev–Trinajstić information content (AvgIpc) is 3.36. The minimum Gasteiger partial charge on any atom is -0.392 e. The Morgan fingerprint density at radius 2 is 1.83 bits per heavy atom. The van der Waals surface area contributed by atoms with Crippen molar-refractivity contribution in [1.82, 2.24) is 14.5 Å². The molecule has 3 N–H and O–H groups in total. The lowest BCUT2D eigenvalue weighted by Gasteiger charge is -2.16. The van der Waals surface area contributed by atoms with Crippen LogP contribution in [0.3, 0.4) is 0 Å². The summed E-state index contributed by atoms with van der Waals surface area (Å²) in [6.07, 6.45) is 13.9. The predicted octanol–water partition coefficient (Wildman–Crippen LogP) is 5.52. The summed E-state index contributed by atoms with van der Waals surface area (Å²) in [4.78, 5) is 21.2. The number of aliphatic hydroxyl groups is 1. The monoisotopic (exact) mass is 504 g/mol. The van der Waals surface area contributed by atoms with Gasteiger partial charge in [0.15, 0.2) is 5.78 Å². The number of carbonyl (C=O) groups is 1. The van der Waals surface area contributed by atoms with Gasteiger partial charge in [-0.25, -0.2) is 0 Å². The van der Waals surface area contributed by atoms with Crippen molar-refractivity contribution in [2.75, 3.05) is 0 Å². The van der Waals surface area contributed by atoms with Gasteiger partial charge in [0, 0.05) is 41.1 Å². The first-order valence-corrected chi connectivity index (χ1v) is 11.5. The Balaban J connectivity index is 1.48. The van der Waals surface area contributed by atoms with Crippen molar-refractivity contribution >= 4 is 47.2 Å². The SMILES string of the molecule is NC(C(=O)/C=C/c1ccc(/C=C/c2ccncc2)nc1)c1cccn1-c1ccc(Cl)c(CO)c1Cl. The van der Waals surface area contributed by atoms with Crippen LogP contribution in [0.4, 0.5) is 0 Å². The molecule has 4 aromatic rings. The normalized spacial score (nSPS) is 12.5. The third kappa shape index (κ3) is 5.75. The molecule has 35 heavy (non-hydrogen) atoms. The van der Waals surface area contributed by atoms with Gasteiger partial charge in [-0.1, -0.05) is 35.3 Å². The van der Waals surface area contributed by atoms with Crippen LogP contribution in [-0.4, -0.2) is 25.4 Å². The molecule has 0 amide bonds. The Morgan fingerprint density at radius 1 is 1.03 bits per heavy atom. The number of aliphatic hydroxyl groups excluding tert-OH is 1. The van der Waals surface area contributed by atoms with Crippen LogP contribution in [0.5, 0.6) is 0 Å². The van der Waals surface area contributed by atoms with Crippen LogP contribution in [0.1, 0.15) is 34.1 Å². The van der Waals surface area contributed by atoms with Crippen molar-refractivity contribution in [3.63, 3.8) is 0 Å². The number of carbonyl (C=O) groups excluding carboxylic acids is 1. The molecule has 4 rings (SSSR count). The first-order valence-electron chi connectivity index (χ1n) is 10.7. The first kappa shape index (κ1) is 24.6. The van der Waals surface area contributed by atoms with E-state index in [0.717, 1.165) is 16.8 Å². The van der Waals surface area contributed by atoms with Gasteiger partial charge in [0.1, 0.15) is 6.04 Å². The summed E-state index contributed by atoms with van der Waals surface area (Å²) in [6, 6.07) is 13.5. The van der Waals surface area contributed by atoms with Crippen LogP contribution in [0.2, 0.25) is 10.0 Å². The number of rotatable bonds is 8. The molecule has 0 bridgehead atoms. The average molecular weight is 505 g/mol. The van der Waals surface area contributed by atoms with Crippen molar-refractivity contribution in [3.05, 3.63) is 118 Å². The Labute approximate surface area is 213 Å². The molecule has 6 nitrogen and oxygen atoms in total. The number of halogens is 2. The molecule has 0 saturated heterocycles. The van der Waals surface area contributed by atoms with Crippen LogP contribution in [0.15, 0.2) is 79.4 Å². The molecule has 0 spiro atoms. The van der Waals surface area contributed by atoms with Crippen LogP contribution in [0.25, 0.3) is 23.9 Å². The molecule has 0 saturated carbocycles. The molecule has 1 aromatic carbocycles. The van der Waals surface area contributed by atoms with Gasteiger partial charge in [-0.3, -0.25) is 14.8 Å². The molecule has 3 aromatic heterocycles. The number of hydrogen-bond acceptors (Lipinski definition) is 5. The topological polar surface area (TPSA) is 94.0 Å². The summed E-state index contributed by atoms with van der Waals surface area (Å²) < 4.78 is 1.72. The number of hydrogen-bond donors (Lipinski definition) is 2. The van der Waals surface area contributed by atoms with Gasteiger partial charge in [-0.15, -0.1) is 0 Å². The van der Waals surface area contributed by atoms with Gasteiger partial charge in [0.2, 0.25) is 0 Å². The van der Waals surface area contributed by atoms with E-state index < -0.39 is 6.04 Å². The van der Waals surface area contributed by atoms with E-state index >= 15 is 0 Å². The Hall–Kier alpha value is -3.55. The van der Waals surface area contributed by atoms with Crippen molar-refractivity contribution in [1.29, 1.82) is 0 Å². The highest BCUT2D eigenvalue weighted by Gasteiger charge is 2.20. The molecule has 176 valence electrons. The Kier molecular flexibility index (Phi) is 7.90. The number of pyridine rings is 2. The summed E-state index contributed by atoms with van der Waals surface area (Å²) in [5.74, 6) is -0.279. The van der Waals surface area contributed by atoms with Crippen LogP contribution in [-0.2, 0) is 11.4 Å². The van der Waals surface area contributed by atoms with Gasteiger partial charge in [-0.05, 0) is 71.8 Å². The van der Waals surface area contributed by atoms with E-state index in [-0.39, 0.29) is 12.4 Å². The summed E-state index contributed by atoms with van der Waals surface area (Å²) in [7, 11) is 0. The van der Waals surface area contributed by atoms with E-state index in [4.69, 9.17) is 28.9 Å². The molecule has 0 radical (unpaired) electrons. The second-order valence-electron chi connectivity index (χ2n) is 7.66. The van der Waals surface area contributed by atoms with Gasteiger partial charge in [0.05, 0.1) is 23.0 Å². The molecule has 0 fully saturated rings. The lowest BCUT2D eigenvalue weighted by Crippen LogP contribution is -2.22. The third-order valence-electron chi connectivity index (χ3n) is 5.39. The van der Waals surface area contributed by atoms with Crippen molar-refractivity contribution in [2.45, 2.75) is 12.6 Å². The zero-order valence-corrected chi connectivity index (χ0v) is 20.1. The Morgan fingerprint density at radius 3 is 2.54 bits per heavy atom. The van der Waals surface area contributed by atoms with Gasteiger partial charge < -0.3 is 15.4 Å². The molecular weight excluding hydrogens is 483 g/mol. The van der Waals surface area contributed by atoms with Gasteiger partial charge >= 0.3 is 0 Å². The van der Waals surface area contributed by atoms with Crippen molar-refractivity contribution < 1.29 is 9.90 Å². The second-order valence-corrected chi connectivity index (χ2v) is 8.45. The molecule has 0 aliphatic heterocycles. The third-order valence-corrected chi connectivity index (χ3v) is 6.17. The molecular formula is C27H22Cl2N4O2. The molecule has 0 aliphatic rings. The standard InChI is InChI=1S/C27H22Cl2N4O2/c28-22-8-9-23(26(29)21(22)17-34)33-15-1-2-24(33)27(30)25(35)10-5-19-4-7-20(32-16-19)6-3-18-11-13-31-14-12-18/h1-16,27,34H,17,30H2/b6-3+,10-5+. The summed E-state index contributed by atoms with van der Waals surface area (Å²) in [6.45, 7) is -0.303. The van der Waals surface area contributed by atoms with E-state index in [2.05, 4.69) is 9.97 Å². The lowest BCUT2D eigenvalue weighted by atomic mass is 10.1. The van der Waals surface area contributed by atoms with Crippen molar-refractivity contribution in [2.24, 2.45) is 5.73 Å². The molecule has 3 heterocycles. The fraction of sp³-hybridized carbons (Fsp3) is 0.0741. The minimum atomic E-state index is -0.916. The number of nitrogens with zero attached hydrogens (tertiary/aromatic N) is 3. The Bertz CT molecular complexity index is 1380. The smallest absolute Gasteiger partial charge is 0.178 e. The van der Waals surface area contributed by atoms with E-state index in [9.17, 15) is 9.90 Å². The maximum absolute atomic E-state index is 12.8. The van der Waals surface area contributed by atoms with Crippen LogP contribution in [0, 0.1) is 0 Å². The number of aromatic nitrogens is 3. The molecule has 1 unspecified atom stereocenters. The van der Waals surface area contributed by atoms with E-state index in [1.165, 1.54) is 6.08 Å². The van der Waals surface area contributed by atoms with Crippen LogP contribution >= 0.6 is 23.2 Å². The van der Waals surface area contributed by atoms with E-state index in [1.807, 2.05) is 36.4 Å². The quantitative estimate of drug-likeness (QED) is 0.308. The van der Waals surface area contributed by atoms with Gasteiger partial charge in [0.25, 0.3) is 0 Å². The van der Waals surface area contributed by atoms with Crippen LogP contribution < -0.4 is 5.73 Å². The number of benzene rings is 1. The fourth-order valence-corrected chi connectivity index (χ4v) is 4.06. The molecule has 8 heteroatoms. The summed E-state index contributed by atoms with van der Waals surface area (Å²) in [5.41, 5.74) is 10.4. The zero-order valence-electron chi connectivity index (χ0n) is 18.6. The van der Waals surface area contributed by atoms with E-state index in [1.54, 1.807) is 59.7 Å². The maximum Gasteiger partial charge on any atom is 0.178 e. The minimum absolute atomic E-state index is 0.279. The maximum atomic E-state index is 12.8. The highest BCUT2D eigenvalue weighted by atomic mass is 35.5. The number of ketones is 1. The van der Waals surface area contributed by atoms with Crippen molar-refractivity contribution in [3.8, 4) is 5.69 Å². The summed E-state index contributed by atoms with van der Waals surface area (Å²) >= 11 is 12.6.